The van der Waals surface area contributed by atoms with Crippen LogP contribution in [-0.2, 0) is 11.8 Å². The summed E-state index contributed by atoms with van der Waals surface area (Å²) >= 11 is 1.72. The van der Waals surface area contributed by atoms with Gasteiger partial charge in [-0.3, -0.25) is 0 Å². The second-order valence-corrected chi connectivity index (χ2v) is 6.43. The van der Waals surface area contributed by atoms with E-state index in [2.05, 4.69) is 38.1 Å². The van der Waals surface area contributed by atoms with Gasteiger partial charge >= 0.3 is 0 Å². The van der Waals surface area contributed by atoms with E-state index in [1.807, 2.05) is 6.92 Å². The summed E-state index contributed by atoms with van der Waals surface area (Å²) < 4.78 is 0. The Morgan fingerprint density at radius 3 is 2.44 bits per heavy atom. The summed E-state index contributed by atoms with van der Waals surface area (Å²) in [5.41, 5.74) is 1.29. The Morgan fingerprint density at radius 1 is 1.44 bits per heavy atom. The lowest BCUT2D eigenvalue weighted by molar-refractivity contribution is 0.123. The van der Waals surface area contributed by atoms with Crippen molar-refractivity contribution in [3.05, 3.63) is 16.1 Å². The molecule has 0 aliphatic heterocycles. The van der Waals surface area contributed by atoms with E-state index >= 15 is 0 Å². The van der Waals surface area contributed by atoms with Gasteiger partial charge in [0.25, 0.3) is 0 Å². The van der Waals surface area contributed by atoms with Crippen molar-refractivity contribution in [1.82, 2.24) is 4.98 Å². The number of aliphatic hydroxyl groups excluding tert-OH is 1. The highest BCUT2D eigenvalue weighted by Gasteiger charge is 2.20. The molecule has 1 aromatic heterocycles. The SMILES string of the molecule is CCC(Cc1nc(C(C)(C)C)cs1)C(C)O. The summed E-state index contributed by atoms with van der Waals surface area (Å²) in [5.74, 6) is 0.332. The van der Waals surface area contributed by atoms with Gasteiger partial charge in [0.05, 0.1) is 16.8 Å². The average Bonchev–Trinajstić information content (AvgIpc) is 2.61. The van der Waals surface area contributed by atoms with E-state index < -0.39 is 0 Å². The number of hydrogen-bond donors (Lipinski definition) is 1. The lowest BCUT2D eigenvalue weighted by Crippen LogP contribution is -2.18. The van der Waals surface area contributed by atoms with Crippen LogP contribution in [0.3, 0.4) is 0 Å². The smallest absolute Gasteiger partial charge is 0.0932 e. The third kappa shape index (κ3) is 3.56. The van der Waals surface area contributed by atoms with E-state index in [1.165, 1.54) is 0 Å². The predicted molar refractivity (Wildman–Crippen MR) is 70.0 cm³/mol. The van der Waals surface area contributed by atoms with Gasteiger partial charge in [-0.25, -0.2) is 4.98 Å². The Balaban J connectivity index is 2.72. The Morgan fingerprint density at radius 2 is 2.06 bits per heavy atom. The fourth-order valence-corrected chi connectivity index (χ4v) is 2.74. The molecule has 0 aliphatic carbocycles. The van der Waals surface area contributed by atoms with Crippen LogP contribution in [-0.4, -0.2) is 16.2 Å². The van der Waals surface area contributed by atoms with Gasteiger partial charge in [-0.05, 0) is 12.8 Å². The monoisotopic (exact) mass is 241 g/mol. The van der Waals surface area contributed by atoms with Gasteiger partial charge in [-0.15, -0.1) is 11.3 Å². The van der Waals surface area contributed by atoms with Gasteiger partial charge in [0.15, 0.2) is 0 Å². The first-order chi connectivity index (χ1) is 7.34. The molecule has 3 heteroatoms. The van der Waals surface area contributed by atoms with Crippen LogP contribution in [0.4, 0.5) is 0 Å². The van der Waals surface area contributed by atoms with Crippen molar-refractivity contribution in [3.8, 4) is 0 Å². The summed E-state index contributed by atoms with van der Waals surface area (Å²) in [4.78, 5) is 4.66. The first-order valence-corrected chi connectivity index (χ1v) is 6.85. The summed E-state index contributed by atoms with van der Waals surface area (Å²) in [6.07, 6.45) is 1.66. The zero-order chi connectivity index (χ0) is 12.3. The molecular formula is C13H23NOS. The summed E-state index contributed by atoms with van der Waals surface area (Å²) in [7, 11) is 0. The minimum atomic E-state index is -0.244. The second kappa shape index (κ2) is 5.28. The van der Waals surface area contributed by atoms with E-state index in [1.54, 1.807) is 11.3 Å². The third-order valence-electron chi connectivity index (χ3n) is 2.96. The zero-order valence-electron chi connectivity index (χ0n) is 10.9. The van der Waals surface area contributed by atoms with Crippen LogP contribution >= 0.6 is 11.3 Å². The molecule has 0 bridgehead atoms. The van der Waals surface area contributed by atoms with Crippen LogP contribution in [0.1, 0.15) is 51.7 Å². The zero-order valence-corrected chi connectivity index (χ0v) is 11.8. The van der Waals surface area contributed by atoms with Gasteiger partial charge in [0, 0.05) is 17.2 Å². The molecule has 0 radical (unpaired) electrons. The lowest BCUT2D eigenvalue weighted by Gasteiger charge is -2.17. The molecule has 1 N–H and O–H groups in total. The quantitative estimate of drug-likeness (QED) is 0.876. The topological polar surface area (TPSA) is 33.1 Å². The number of rotatable bonds is 4. The molecule has 2 atom stereocenters. The minimum Gasteiger partial charge on any atom is -0.393 e. The summed E-state index contributed by atoms with van der Waals surface area (Å²) in [6, 6.07) is 0. The summed E-state index contributed by atoms with van der Waals surface area (Å²) in [6.45, 7) is 10.5. The first-order valence-electron chi connectivity index (χ1n) is 5.97. The lowest BCUT2D eigenvalue weighted by atomic mass is 9.93. The van der Waals surface area contributed by atoms with Crippen molar-refractivity contribution in [2.45, 2.75) is 59.0 Å². The molecule has 0 aromatic carbocycles. The molecule has 16 heavy (non-hydrogen) atoms. The maximum atomic E-state index is 9.62. The molecule has 1 rings (SSSR count). The molecule has 0 saturated carbocycles. The van der Waals surface area contributed by atoms with E-state index in [-0.39, 0.29) is 11.5 Å². The second-order valence-electron chi connectivity index (χ2n) is 5.49. The molecule has 0 saturated heterocycles. The third-order valence-corrected chi connectivity index (χ3v) is 3.83. The van der Waals surface area contributed by atoms with Gasteiger partial charge < -0.3 is 5.11 Å². The van der Waals surface area contributed by atoms with Crippen LogP contribution < -0.4 is 0 Å². The van der Waals surface area contributed by atoms with Crippen molar-refractivity contribution in [3.63, 3.8) is 0 Å². The van der Waals surface area contributed by atoms with Crippen molar-refractivity contribution < 1.29 is 5.11 Å². The Labute approximate surface area is 103 Å². The van der Waals surface area contributed by atoms with Crippen molar-refractivity contribution in [2.75, 3.05) is 0 Å². The Kier molecular flexibility index (Phi) is 4.51. The van der Waals surface area contributed by atoms with Crippen LogP contribution in [0, 0.1) is 5.92 Å². The maximum Gasteiger partial charge on any atom is 0.0932 e. The molecule has 1 heterocycles. The molecule has 0 aliphatic rings. The molecule has 92 valence electrons. The highest BCUT2D eigenvalue weighted by atomic mass is 32.1. The summed E-state index contributed by atoms with van der Waals surface area (Å²) in [5, 5.41) is 12.9. The standard InChI is InChI=1S/C13H23NOS/c1-6-10(9(2)15)7-12-14-11(8-16-12)13(3,4)5/h8-10,15H,6-7H2,1-5H3. The first kappa shape index (κ1) is 13.7. The van der Waals surface area contributed by atoms with Crippen molar-refractivity contribution in [2.24, 2.45) is 5.92 Å². The number of nitrogens with zero attached hydrogens (tertiary/aromatic N) is 1. The van der Waals surface area contributed by atoms with Crippen molar-refractivity contribution in [1.29, 1.82) is 0 Å². The van der Waals surface area contributed by atoms with Gasteiger partial charge in [0.1, 0.15) is 0 Å². The largest absolute Gasteiger partial charge is 0.393 e. The van der Waals surface area contributed by atoms with Crippen LogP contribution in [0.2, 0.25) is 0 Å². The van der Waals surface area contributed by atoms with E-state index in [0.717, 1.165) is 23.5 Å². The van der Waals surface area contributed by atoms with Crippen LogP contribution in [0.5, 0.6) is 0 Å². The van der Waals surface area contributed by atoms with E-state index in [9.17, 15) is 5.11 Å². The Bertz CT molecular complexity index is 325. The predicted octanol–water partition coefficient (Wildman–Crippen LogP) is 3.39. The van der Waals surface area contributed by atoms with Gasteiger partial charge in [-0.2, -0.15) is 0 Å². The number of thiazole rings is 1. The fourth-order valence-electron chi connectivity index (χ4n) is 1.63. The maximum absolute atomic E-state index is 9.62. The molecule has 1 aromatic rings. The minimum absolute atomic E-state index is 0.126. The molecule has 2 nitrogen and oxygen atoms in total. The number of aliphatic hydroxyl groups is 1. The normalized spacial score (nSPS) is 16.1. The van der Waals surface area contributed by atoms with Crippen LogP contribution in [0.15, 0.2) is 5.38 Å². The number of aromatic nitrogens is 1. The average molecular weight is 241 g/mol. The molecule has 0 amide bonds. The van der Waals surface area contributed by atoms with Crippen molar-refractivity contribution >= 4 is 11.3 Å². The Hall–Kier alpha value is -0.410. The highest BCUT2D eigenvalue weighted by molar-refractivity contribution is 7.09. The molecule has 0 spiro atoms. The molecule has 0 fully saturated rings. The van der Waals surface area contributed by atoms with Crippen LogP contribution in [0.25, 0.3) is 0 Å². The number of hydrogen-bond acceptors (Lipinski definition) is 3. The van der Waals surface area contributed by atoms with Gasteiger partial charge in [0.2, 0.25) is 0 Å². The van der Waals surface area contributed by atoms with E-state index in [0.29, 0.717) is 5.92 Å². The molecule has 2 unspecified atom stereocenters. The van der Waals surface area contributed by atoms with E-state index in [4.69, 9.17) is 0 Å². The molecular weight excluding hydrogens is 218 g/mol. The highest BCUT2D eigenvalue weighted by Crippen LogP contribution is 2.26. The fraction of sp³-hybridized carbons (Fsp3) is 0.769. The van der Waals surface area contributed by atoms with Gasteiger partial charge in [-0.1, -0.05) is 34.1 Å².